The summed E-state index contributed by atoms with van der Waals surface area (Å²) in [6, 6.07) is 25.5. The van der Waals surface area contributed by atoms with Crippen LogP contribution in [0.2, 0.25) is 0 Å². The Hall–Kier alpha value is -3.35. The summed E-state index contributed by atoms with van der Waals surface area (Å²) < 4.78 is 2.05. The first-order valence-electron chi connectivity index (χ1n) is 10.1. The van der Waals surface area contributed by atoms with E-state index in [1.54, 1.807) is 6.08 Å². The van der Waals surface area contributed by atoms with Crippen LogP contribution in [0.3, 0.4) is 0 Å². The quantitative estimate of drug-likeness (QED) is 0.460. The topological polar surface area (TPSA) is 62.5 Å². The number of nitrogens with zero attached hydrogens (tertiary/aromatic N) is 2. The second-order valence-corrected chi connectivity index (χ2v) is 8.49. The summed E-state index contributed by atoms with van der Waals surface area (Å²) in [4.78, 5) is 26.8. The van der Waals surface area contributed by atoms with Gasteiger partial charge in [-0.15, -0.1) is 0 Å². The van der Waals surface area contributed by atoms with Crippen molar-refractivity contribution < 1.29 is 14.7 Å². The summed E-state index contributed by atoms with van der Waals surface area (Å²) in [6.45, 7) is 0.241. The van der Waals surface area contributed by atoms with E-state index < -0.39 is 6.10 Å². The lowest BCUT2D eigenvalue weighted by molar-refractivity contribution is -0.123. The van der Waals surface area contributed by atoms with Crippen LogP contribution in [0.1, 0.15) is 5.56 Å². The second-order valence-electron chi connectivity index (χ2n) is 7.50. The van der Waals surface area contributed by atoms with Crippen molar-refractivity contribution >= 4 is 50.8 Å². The van der Waals surface area contributed by atoms with Crippen molar-refractivity contribution in [3.05, 3.63) is 89.3 Å². The van der Waals surface area contributed by atoms with E-state index in [4.69, 9.17) is 0 Å². The van der Waals surface area contributed by atoms with E-state index in [0.717, 1.165) is 44.0 Å². The zero-order valence-electron chi connectivity index (χ0n) is 16.6. The summed E-state index contributed by atoms with van der Waals surface area (Å²) in [5.74, 6) is -0.361. The Kier molecular flexibility index (Phi) is 5.10. The van der Waals surface area contributed by atoms with E-state index in [1.807, 2.05) is 71.3 Å². The average Bonchev–Trinajstić information content (AvgIpc) is 3.24. The van der Waals surface area contributed by atoms with Crippen LogP contribution in [0.15, 0.2) is 83.8 Å². The molecule has 1 fully saturated rings. The van der Waals surface area contributed by atoms with Gasteiger partial charge in [-0.2, -0.15) is 0 Å². The molecule has 1 aliphatic heterocycles. The van der Waals surface area contributed by atoms with Gasteiger partial charge in [0.1, 0.15) is 0 Å². The van der Waals surface area contributed by atoms with Crippen molar-refractivity contribution in [3.63, 3.8) is 0 Å². The third kappa shape index (κ3) is 3.65. The molecule has 0 unspecified atom stereocenters. The number of aliphatic hydroxyl groups excluding tert-OH is 1. The highest BCUT2D eigenvalue weighted by molar-refractivity contribution is 8.18. The standard InChI is InChI=1S/C25H20N2O3S/c28-18(15-26-21-12-6-4-10-19(21)20-11-5-7-13-22(20)26)16-27-24(29)23(31-25(27)30)14-17-8-2-1-3-9-17/h1-14,18,28H,15-16H2/b23-14+/t18-/m0/s1. The van der Waals surface area contributed by atoms with Crippen molar-refractivity contribution in [2.24, 2.45) is 0 Å². The second kappa shape index (κ2) is 8.06. The number of β-amino-alcohol motifs (C(OH)–C–C–N with tert-alkyl or cyclic N) is 1. The Bertz CT molecular complexity index is 1270. The largest absolute Gasteiger partial charge is 0.389 e. The molecule has 1 saturated heterocycles. The molecule has 4 aromatic rings. The highest BCUT2D eigenvalue weighted by Gasteiger charge is 2.36. The Balaban J connectivity index is 1.39. The average molecular weight is 429 g/mol. The Morgan fingerprint density at radius 3 is 2.03 bits per heavy atom. The number of imide groups is 1. The first-order valence-corrected chi connectivity index (χ1v) is 10.9. The van der Waals surface area contributed by atoms with Gasteiger partial charge in [-0.05, 0) is 35.5 Å². The molecular weight excluding hydrogens is 408 g/mol. The number of hydrogen-bond donors (Lipinski definition) is 1. The van der Waals surface area contributed by atoms with Gasteiger partial charge in [0.15, 0.2) is 0 Å². The maximum Gasteiger partial charge on any atom is 0.293 e. The highest BCUT2D eigenvalue weighted by atomic mass is 32.2. The highest BCUT2D eigenvalue weighted by Crippen LogP contribution is 2.33. The minimum Gasteiger partial charge on any atom is -0.389 e. The molecule has 154 valence electrons. The van der Waals surface area contributed by atoms with E-state index in [1.165, 1.54) is 0 Å². The number of benzene rings is 3. The number of thioether (sulfide) groups is 1. The molecule has 0 spiro atoms. The SMILES string of the molecule is O=C1S/C(=C/c2ccccc2)C(=O)N1C[C@@H](O)Cn1c2ccccc2c2ccccc21. The molecule has 5 rings (SSSR count). The van der Waals surface area contributed by atoms with Crippen LogP contribution < -0.4 is 0 Å². The summed E-state index contributed by atoms with van der Waals surface area (Å²) in [5.41, 5.74) is 2.89. The van der Waals surface area contributed by atoms with Crippen LogP contribution in [0.25, 0.3) is 27.9 Å². The smallest absolute Gasteiger partial charge is 0.293 e. The summed E-state index contributed by atoms with van der Waals surface area (Å²) in [6.07, 6.45) is 0.827. The Morgan fingerprint density at radius 1 is 0.806 bits per heavy atom. The number of carbonyl (C=O) groups is 2. The first kappa shape index (κ1) is 19.6. The lowest BCUT2D eigenvalue weighted by atomic mass is 10.2. The van der Waals surface area contributed by atoms with Crippen molar-refractivity contribution in [2.45, 2.75) is 12.6 Å². The number of aromatic nitrogens is 1. The van der Waals surface area contributed by atoms with Crippen molar-refractivity contribution in [2.75, 3.05) is 6.54 Å². The maximum atomic E-state index is 12.8. The van der Waals surface area contributed by atoms with Crippen molar-refractivity contribution in [1.29, 1.82) is 0 Å². The van der Waals surface area contributed by atoms with Gasteiger partial charge >= 0.3 is 0 Å². The van der Waals surface area contributed by atoms with Gasteiger partial charge in [0.05, 0.1) is 24.1 Å². The molecule has 3 aromatic carbocycles. The van der Waals surface area contributed by atoms with Gasteiger partial charge in [-0.25, -0.2) is 0 Å². The van der Waals surface area contributed by atoms with Crippen LogP contribution in [-0.2, 0) is 11.3 Å². The van der Waals surface area contributed by atoms with Gasteiger partial charge < -0.3 is 9.67 Å². The normalized spacial score (nSPS) is 16.7. The number of rotatable bonds is 5. The molecule has 6 heteroatoms. The van der Waals surface area contributed by atoms with Gasteiger partial charge in [0.25, 0.3) is 11.1 Å². The molecule has 2 amide bonds. The molecular formula is C25H20N2O3S. The van der Waals surface area contributed by atoms with Crippen molar-refractivity contribution in [3.8, 4) is 0 Å². The molecule has 1 aliphatic rings. The third-order valence-corrected chi connectivity index (χ3v) is 6.34. The lowest BCUT2D eigenvalue weighted by Gasteiger charge is -2.19. The van der Waals surface area contributed by atoms with Gasteiger partial charge in [-0.1, -0.05) is 66.7 Å². The predicted molar refractivity (Wildman–Crippen MR) is 125 cm³/mol. The molecule has 1 N–H and O–H groups in total. The predicted octanol–water partition coefficient (Wildman–Crippen LogP) is 4.89. The number of hydrogen-bond acceptors (Lipinski definition) is 4. The van der Waals surface area contributed by atoms with Crippen LogP contribution in [0, 0.1) is 0 Å². The van der Waals surface area contributed by atoms with Gasteiger partial charge in [-0.3, -0.25) is 14.5 Å². The van der Waals surface area contributed by atoms with E-state index in [9.17, 15) is 14.7 Å². The molecule has 31 heavy (non-hydrogen) atoms. The molecule has 0 aliphatic carbocycles. The summed E-state index contributed by atoms with van der Waals surface area (Å²) in [7, 11) is 0. The Morgan fingerprint density at radius 2 is 1.39 bits per heavy atom. The molecule has 1 atom stereocenters. The molecule has 0 bridgehead atoms. The van der Waals surface area contributed by atoms with E-state index >= 15 is 0 Å². The third-order valence-electron chi connectivity index (χ3n) is 5.44. The van der Waals surface area contributed by atoms with E-state index in [2.05, 4.69) is 12.1 Å². The summed E-state index contributed by atoms with van der Waals surface area (Å²) in [5, 5.41) is 12.7. The number of para-hydroxylation sites is 2. The monoisotopic (exact) mass is 428 g/mol. The fourth-order valence-corrected chi connectivity index (χ4v) is 4.89. The minimum atomic E-state index is -0.885. The van der Waals surface area contributed by atoms with Crippen LogP contribution in [0.4, 0.5) is 4.79 Å². The van der Waals surface area contributed by atoms with Crippen LogP contribution >= 0.6 is 11.8 Å². The van der Waals surface area contributed by atoms with E-state index in [0.29, 0.717) is 4.91 Å². The number of carbonyl (C=O) groups excluding carboxylic acids is 2. The van der Waals surface area contributed by atoms with Gasteiger partial charge in [0, 0.05) is 21.8 Å². The molecule has 0 radical (unpaired) electrons. The first-order chi connectivity index (χ1) is 15.1. The molecule has 2 heterocycles. The summed E-state index contributed by atoms with van der Waals surface area (Å²) >= 11 is 0.912. The molecule has 5 nitrogen and oxygen atoms in total. The number of fused-ring (bicyclic) bond motifs is 3. The number of amides is 2. The zero-order valence-corrected chi connectivity index (χ0v) is 17.5. The molecule has 0 saturated carbocycles. The lowest BCUT2D eigenvalue weighted by Crippen LogP contribution is -2.37. The zero-order chi connectivity index (χ0) is 21.4. The van der Waals surface area contributed by atoms with Crippen LogP contribution in [0.5, 0.6) is 0 Å². The number of aliphatic hydroxyl groups is 1. The molecule has 1 aromatic heterocycles. The van der Waals surface area contributed by atoms with Crippen molar-refractivity contribution in [1.82, 2.24) is 9.47 Å². The van der Waals surface area contributed by atoms with Gasteiger partial charge in [0.2, 0.25) is 0 Å². The Labute approximate surface area is 183 Å². The van der Waals surface area contributed by atoms with Crippen LogP contribution in [-0.4, -0.2) is 38.4 Å². The maximum absolute atomic E-state index is 12.8. The fraction of sp³-hybridized carbons (Fsp3) is 0.120. The minimum absolute atomic E-state index is 0.0440. The fourth-order valence-electron chi connectivity index (χ4n) is 4.04. The van der Waals surface area contributed by atoms with E-state index in [-0.39, 0.29) is 24.2 Å².